The first kappa shape index (κ1) is 13.8. The van der Waals surface area contributed by atoms with Crippen molar-refractivity contribution >= 4 is 5.91 Å². The van der Waals surface area contributed by atoms with E-state index in [9.17, 15) is 14.3 Å². The van der Waals surface area contributed by atoms with Crippen LogP contribution in [0.15, 0.2) is 18.2 Å². The van der Waals surface area contributed by atoms with Gasteiger partial charge in [0.25, 0.3) is 5.91 Å². The average Bonchev–Trinajstić information content (AvgIpc) is 2.87. The van der Waals surface area contributed by atoms with Gasteiger partial charge >= 0.3 is 0 Å². The van der Waals surface area contributed by atoms with Crippen molar-refractivity contribution in [1.82, 2.24) is 4.90 Å². The first-order valence-corrected chi connectivity index (χ1v) is 6.33. The maximum absolute atomic E-state index is 13.3. The molecule has 0 bridgehead atoms. The molecule has 0 saturated carbocycles. The molecule has 2 unspecified atom stereocenters. The molecule has 1 N–H and O–H groups in total. The number of carbonyl (C=O) groups is 1. The van der Waals surface area contributed by atoms with Gasteiger partial charge in [0.1, 0.15) is 11.6 Å². The molecule has 1 heterocycles. The minimum atomic E-state index is -0.463. The van der Waals surface area contributed by atoms with Crippen LogP contribution in [0.4, 0.5) is 4.39 Å². The summed E-state index contributed by atoms with van der Waals surface area (Å²) in [5.74, 6) is -0.259. The van der Waals surface area contributed by atoms with Crippen molar-refractivity contribution in [2.75, 3.05) is 20.2 Å². The largest absolute Gasteiger partial charge is 0.496 e. The molecule has 4 nitrogen and oxygen atoms in total. The summed E-state index contributed by atoms with van der Waals surface area (Å²) >= 11 is 0. The topological polar surface area (TPSA) is 49.8 Å². The minimum absolute atomic E-state index is 0.0866. The van der Waals surface area contributed by atoms with E-state index in [0.29, 0.717) is 18.8 Å². The summed E-state index contributed by atoms with van der Waals surface area (Å²) in [5, 5.41) is 9.54. The van der Waals surface area contributed by atoms with E-state index < -0.39 is 11.9 Å². The highest BCUT2D eigenvalue weighted by molar-refractivity contribution is 5.97. The Morgan fingerprint density at radius 2 is 2.32 bits per heavy atom. The number of aliphatic hydroxyl groups is 1. The van der Waals surface area contributed by atoms with Crippen molar-refractivity contribution in [1.29, 1.82) is 0 Å². The smallest absolute Gasteiger partial charge is 0.257 e. The van der Waals surface area contributed by atoms with E-state index in [2.05, 4.69) is 0 Å². The highest BCUT2D eigenvalue weighted by Gasteiger charge is 2.30. The summed E-state index contributed by atoms with van der Waals surface area (Å²) in [6, 6.07) is 3.90. The molecule has 1 fully saturated rings. The van der Waals surface area contributed by atoms with Gasteiger partial charge in [-0.2, -0.15) is 0 Å². The second kappa shape index (κ2) is 5.57. The van der Waals surface area contributed by atoms with Crippen LogP contribution in [-0.2, 0) is 0 Å². The monoisotopic (exact) mass is 267 g/mol. The SMILES string of the molecule is COc1ccc(F)cc1C(=O)N1CCC(C(C)O)C1. The third-order valence-corrected chi connectivity index (χ3v) is 3.59. The van der Waals surface area contributed by atoms with Gasteiger partial charge in [0.05, 0.1) is 18.8 Å². The Morgan fingerprint density at radius 1 is 1.58 bits per heavy atom. The lowest BCUT2D eigenvalue weighted by atomic mass is 10.0. The number of nitrogens with zero attached hydrogens (tertiary/aromatic N) is 1. The molecule has 0 radical (unpaired) electrons. The Balaban J connectivity index is 2.19. The first-order valence-electron chi connectivity index (χ1n) is 6.33. The summed E-state index contributed by atoms with van der Waals surface area (Å²) in [6.45, 7) is 2.80. The molecule has 0 spiro atoms. The number of aliphatic hydroxyl groups excluding tert-OH is 1. The molecule has 1 aromatic carbocycles. The number of carbonyl (C=O) groups excluding carboxylic acids is 1. The third kappa shape index (κ3) is 2.87. The molecule has 104 valence electrons. The summed E-state index contributed by atoms with van der Waals surface area (Å²) in [4.78, 5) is 14.0. The zero-order valence-corrected chi connectivity index (χ0v) is 11.1. The van der Waals surface area contributed by atoms with E-state index in [1.807, 2.05) is 0 Å². The lowest BCUT2D eigenvalue weighted by molar-refractivity contribution is 0.0758. The molecule has 2 rings (SSSR count). The maximum atomic E-state index is 13.3. The maximum Gasteiger partial charge on any atom is 0.257 e. The van der Waals surface area contributed by atoms with Crippen LogP contribution in [0.5, 0.6) is 5.75 Å². The van der Waals surface area contributed by atoms with E-state index in [4.69, 9.17) is 4.74 Å². The highest BCUT2D eigenvalue weighted by atomic mass is 19.1. The Bertz CT molecular complexity index is 476. The second-order valence-electron chi connectivity index (χ2n) is 4.89. The Labute approximate surface area is 111 Å². The molecule has 0 aromatic heterocycles. The number of hydrogen-bond donors (Lipinski definition) is 1. The quantitative estimate of drug-likeness (QED) is 0.906. The summed E-state index contributed by atoms with van der Waals surface area (Å²) in [6.07, 6.45) is 0.327. The van der Waals surface area contributed by atoms with Gasteiger partial charge in [0.2, 0.25) is 0 Å². The molecule has 5 heteroatoms. The van der Waals surface area contributed by atoms with Crippen LogP contribution in [0.25, 0.3) is 0 Å². The minimum Gasteiger partial charge on any atom is -0.496 e. The van der Waals surface area contributed by atoms with Gasteiger partial charge in [-0.15, -0.1) is 0 Å². The summed E-state index contributed by atoms with van der Waals surface area (Å²) in [5.41, 5.74) is 0.230. The number of amides is 1. The molecular weight excluding hydrogens is 249 g/mol. The molecule has 1 amide bonds. The molecule has 1 saturated heterocycles. The second-order valence-corrected chi connectivity index (χ2v) is 4.89. The van der Waals surface area contributed by atoms with Gasteiger partial charge in [-0.1, -0.05) is 0 Å². The third-order valence-electron chi connectivity index (χ3n) is 3.59. The van der Waals surface area contributed by atoms with E-state index >= 15 is 0 Å². The molecule has 19 heavy (non-hydrogen) atoms. The van der Waals surface area contributed by atoms with Crippen molar-refractivity contribution in [2.45, 2.75) is 19.4 Å². The lowest BCUT2D eigenvalue weighted by Gasteiger charge is -2.19. The Kier molecular flexibility index (Phi) is 4.04. The molecule has 0 aliphatic carbocycles. The van der Waals surface area contributed by atoms with Gasteiger partial charge in [0.15, 0.2) is 0 Å². The first-order chi connectivity index (χ1) is 9.02. The zero-order valence-electron chi connectivity index (χ0n) is 11.1. The van der Waals surface area contributed by atoms with Crippen molar-refractivity contribution in [2.24, 2.45) is 5.92 Å². The van der Waals surface area contributed by atoms with Gasteiger partial charge < -0.3 is 14.7 Å². The van der Waals surface area contributed by atoms with Crippen molar-refractivity contribution in [3.63, 3.8) is 0 Å². The fourth-order valence-corrected chi connectivity index (χ4v) is 2.38. The van der Waals surface area contributed by atoms with Crippen molar-refractivity contribution in [3.05, 3.63) is 29.6 Å². The number of rotatable bonds is 3. The zero-order chi connectivity index (χ0) is 14.0. The van der Waals surface area contributed by atoms with Crippen LogP contribution < -0.4 is 4.74 Å². The standard InChI is InChI=1S/C14H18FNO3/c1-9(17)10-5-6-16(8-10)14(18)12-7-11(15)3-4-13(12)19-2/h3-4,7,9-10,17H,5-6,8H2,1-2H3. The number of benzene rings is 1. The van der Waals surface area contributed by atoms with Crippen LogP contribution in [0.2, 0.25) is 0 Å². The number of likely N-dealkylation sites (tertiary alicyclic amines) is 1. The van der Waals surface area contributed by atoms with Gasteiger partial charge in [-0.3, -0.25) is 4.79 Å². The van der Waals surface area contributed by atoms with E-state index in [0.717, 1.165) is 6.42 Å². The van der Waals surface area contributed by atoms with Crippen LogP contribution in [0.3, 0.4) is 0 Å². The Morgan fingerprint density at radius 3 is 2.89 bits per heavy atom. The number of halogens is 1. The van der Waals surface area contributed by atoms with Crippen molar-refractivity contribution < 1.29 is 19.0 Å². The molecular formula is C14H18FNO3. The Hall–Kier alpha value is -1.62. The van der Waals surface area contributed by atoms with E-state index in [1.165, 1.54) is 25.3 Å². The number of methoxy groups -OCH3 is 1. The predicted octanol–water partition coefficient (Wildman–Crippen LogP) is 1.68. The average molecular weight is 267 g/mol. The normalized spacial score (nSPS) is 20.4. The van der Waals surface area contributed by atoms with Crippen LogP contribution in [0.1, 0.15) is 23.7 Å². The van der Waals surface area contributed by atoms with Gasteiger partial charge in [-0.25, -0.2) is 4.39 Å². The number of hydrogen-bond acceptors (Lipinski definition) is 3. The van der Waals surface area contributed by atoms with Gasteiger partial charge in [-0.05, 0) is 31.5 Å². The van der Waals surface area contributed by atoms with Crippen LogP contribution >= 0.6 is 0 Å². The van der Waals surface area contributed by atoms with Crippen molar-refractivity contribution in [3.8, 4) is 5.75 Å². The summed E-state index contributed by atoms with van der Waals surface area (Å²) in [7, 11) is 1.45. The molecule has 2 atom stereocenters. The lowest BCUT2D eigenvalue weighted by Crippen LogP contribution is -2.30. The highest BCUT2D eigenvalue weighted by Crippen LogP contribution is 2.26. The predicted molar refractivity (Wildman–Crippen MR) is 68.6 cm³/mol. The fraction of sp³-hybridized carbons (Fsp3) is 0.500. The summed E-state index contributed by atoms with van der Waals surface area (Å²) < 4.78 is 18.4. The molecule has 1 aliphatic rings. The van der Waals surface area contributed by atoms with Crippen LogP contribution in [0, 0.1) is 11.7 Å². The molecule has 1 aromatic rings. The van der Waals surface area contributed by atoms with Gasteiger partial charge in [0, 0.05) is 19.0 Å². The van der Waals surface area contributed by atoms with E-state index in [1.54, 1.807) is 11.8 Å². The molecule has 1 aliphatic heterocycles. The van der Waals surface area contributed by atoms with Crippen LogP contribution in [-0.4, -0.2) is 42.2 Å². The number of ether oxygens (including phenoxy) is 1. The fourth-order valence-electron chi connectivity index (χ4n) is 2.38. The van der Waals surface area contributed by atoms with E-state index in [-0.39, 0.29) is 17.4 Å².